The number of nitrogens with zero attached hydrogens (tertiary/aromatic N) is 1. The Labute approximate surface area is 246 Å². The normalized spacial score (nSPS) is 24.4. The number of ketones is 2. The Balaban J connectivity index is 1.66. The van der Waals surface area contributed by atoms with E-state index in [-0.39, 0.29) is 17.5 Å². The lowest BCUT2D eigenvalue weighted by molar-refractivity contribution is -0.128. The van der Waals surface area contributed by atoms with Gasteiger partial charge in [-0.2, -0.15) is 0 Å². The van der Waals surface area contributed by atoms with E-state index in [1.807, 2.05) is 99.3 Å². The fourth-order valence-electron chi connectivity index (χ4n) is 7.15. The zero-order valence-electron chi connectivity index (χ0n) is 24.1. The zero-order chi connectivity index (χ0) is 29.3. The predicted octanol–water partition coefficient (Wildman–Crippen LogP) is 7.27. The van der Waals surface area contributed by atoms with Crippen LogP contribution in [0.2, 0.25) is 5.02 Å². The second kappa shape index (κ2) is 9.70. The number of benzene rings is 3. The van der Waals surface area contributed by atoms with Crippen LogP contribution >= 0.6 is 11.6 Å². The molecule has 1 amide bonds. The number of aryl methyl sites for hydroxylation is 1. The number of nitrogens with one attached hydrogen (secondary N) is 1. The second-order valence-electron chi connectivity index (χ2n) is 12.6. The van der Waals surface area contributed by atoms with Gasteiger partial charge in [-0.1, -0.05) is 94.3 Å². The summed E-state index contributed by atoms with van der Waals surface area (Å²) in [5, 5.41) is 3.68. The smallest absolute Gasteiger partial charge is 0.238 e. The number of hydrogen-bond acceptors (Lipinski definition) is 4. The van der Waals surface area contributed by atoms with E-state index in [1.165, 1.54) is 0 Å². The van der Waals surface area contributed by atoms with Crippen molar-refractivity contribution < 1.29 is 14.4 Å². The van der Waals surface area contributed by atoms with Gasteiger partial charge in [0.05, 0.1) is 12.0 Å². The van der Waals surface area contributed by atoms with Crippen molar-refractivity contribution in [3.63, 3.8) is 0 Å². The molecular weight excluding hydrogens is 532 g/mol. The first-order chi connectivity index (χ1) is 19.5. The lowest BCUT2D eigenvalue weighted by Crippen LogP contribution is -2.51. The van der Waals surface area contributed by atoms with Gasteiger partial charge in [0.25, 0.3) is 0 Å². The number of carbonyl (C=O) groups excluding carboxylic acids is 3. The van der Waals surface area contributed by atoms with Crippen molar-refractivity contribution in [2.45, 2.75) is 65.0 Å². The summed E-state index contributed by atoms with van der Waals surface area (Å²) in [6.07, 6.45) is 3.98. The fourth-order valence-corrected chi connectivity index (χ4v) is 7.32. The number of hydrogen-bond donors (Lipinski definition) is 1. The summed E-state index contributed by atoms with van der Waals surface area (Å²) in [7, 11) is 0. The highest BCUT2D eigenvalue weighted by atomic mass is 35.5. The van der Waals surface area contributed by atoms with Crippen molar-refractivity contribution in [1.29, 1.82) is 0 Å². The maximum Gasteiger partial charge on any atom is 0.238 e. The van der Waals surface area contributed by atoms with E-state index in [4.69, 9.17) is 11.6 Å². The number of halogens is 1. The molecule has 1 spiro atoms. The average molecular weight is 567 g/mol. The molecule has 3 heterocycles. The molecule has 0 unspecified atom stereocenters. The molecule has 4 atom stereocenters. The third-order valence-corrected chi connectivity index (χ3v) is 9.24. The highest BCUT2D eigenvalue weighted by molar-refractivity contribution is 6.31. The summed E-state index contributed by atoms with van der Waals surface area (Å²) in [4.78, 5) is 45.9. The lowest BCUT2D eigenvalue weighted by Gasteiger charge is -2.40. The van der Waals surface area contributed by atoms with Crippen LogP contribution in [0.5, 0.6) is 0 Å². The second-order valence-corrected chi connectivity index (χ2v) is 13.0. The van der Waals surface area contributed by atoms with Gasteiger partial charge in [0.2, 0.25) is 5.91 Å². The molecule has 0 bridgehead atoms. The van der Waals surface area contributed by atoms with Crippen molar-refractivity contribution in [1.82, 2.24) is 0 Å². The van der Waals surface area contributed by atoms with Gasteiger partial charge in [0.15, 0.2) is 11.6 Å². The molecular formula is C35H35ClN2O3. The molecule has 0 aromatic heterocycles. The molecule has 0 saturated carbocycles. The minimum atomic E-state index is -1.31. The summed E-state index contributed by atoms with van der Waals surface area (Å²) in [5.74, 6) is -1.48. The van der Waals surface area contributed by atoms with E-state index in [0.717, 1.165) is 40.8 Å². The Morgan fingerprint density at radius 2 is 1.73 bits per heavy atom. The Bertz CT molecular complexity index is 1620. The van der Waals surface area contributed by atoms with Crippen molar-refractivity contribution >= 4 is 46.0 Å². The Kier molecular flexibility index (Phi) is 6.50. The minimum absolute atomic E-state index is 0.0774. The third-order valence-electron chi connectivity index (χ3n) is 9.01. The van der Waals surface area contributed by atoms with Crippen LogP contribution in [-0.4, -0.2) is 29.6 Å². The van der Waals surface area contributed by atoms with Gasteiger partial charge in [-0.15, -0.1) is 0 Å². The first-order valence-corrected chi connectivity index (χ1v) is 14.7. The van der Waals surface area contributed by atoms with E-state index in [0.29, 0.717) is 16.3 Å². The van der Waals surface area contributed by atoms with E-state index < -0.39 is 28.8 Å². The Morgan fingerprint density at radius 1 is 1.02 bits per heavy atom. The summed E-state index contributed by atoms with van der Waals surface area (Å²) in [6.45, 7) is 9.77. The van der Waals surface area contributed by atoms with Crippen LogP contribution in [0.1, 0.15) is 68.1 Å². The number of anilines is 2. The quantitative estimate of drug-likeness (QED) is 0.330. The summed E-state index contributed by atoms with van der Waals surface area (Å²) in [6, 6.07) is 19.5. The third kappa shape index (κ3) is 4.00. The summed E-state index contributed by atoms with van der Waals surface area (Å²) < 4.78 is 0. The topological polar surface area (TPSA) is 66.5 Å². The number of allylic oxidation sites excluding steroid dienone is 1. The molecule has 41 heavy (non-hydrogen) atoms. The SMILES string of the molecule is CCCc1ccc(C(=O)[C@@H]2[C@H](C(=O)C(C)(C)C)N3c4ccc(Cl)cc4C(C)=C[C@H]3[C@@]23C(=O)Nc2ccccc23)cc1. The molecule has 1 saturated heterocycles. The van der Waals surface area contributed by atoms with Crippen LogP contribution in [0.25, 0.3) is 5.57 Å². The maximum atomic E-state index is 14.9. The molecule has 0 aliphatic carbocycles. The molecule has 1 N–H and O–H groups in total. The molecule has 210 valence electrons. The van der Waals surface area contributed by atoms with Crippen molar-refractivity contribution in [2.24, 2.45) is 11.3 Å². The van der Waals surface area contributed by atoms with Gasteiger partial charge >= 0.3 is 0 Å². The number of rotatable bonds is 5. The number of fused-ring (bicyclic) bond motifs is 6. The number of amides is 1. The first-order valence-electron chi connectivity index (χ1n) is 14.3. The molecule has 5 nitrogen and oxygen atoms in total. The van der Waals surface area contributed by atoms with Gasteiger partial charge in [0, 0.05) is 32.9 Å². The molecule has 6 heteroatoms. The Morgan fingerprint density at radius 3 is 2.41 bits per heavy atom. The van der Waals surface area contributed by atoms with Gasteiger partial charge in [0.1, 0.15) is 11.5 Å². The molecule has 1 fully saturated rings. The molecule has 3 aromatic carbocycles. The molecule has 3 aliphatic rings. The number of carbonyl (C=O) groups is 3. The van der Waals surface area contributed by atoms with E-state index in [2.05, 4.69) is 18.3 Å². The van der Waals surface area contributed by atoms with Gasteiger partial charge in [-0.05, 0) is 54.3 Å². The standard InChI is InChI=1S/C35H35ClN2O3/c1-6-9-21-12-14-22(15-13-21)31(39)29-30(32(40)34(3,4)5)38-27-17-16-23(36)19-24(27)20(2)18-28(38)35(29)25-10-7-8-11-26(25)37-33(35)41/h7-8,10-19,28-30H,6,9H2,1-5H3,(H,37,41)/t28-,29-,30+,35+/m0/s1. The maximum absolute atomic E-state index is 14.9. The molecule has 3 aliphatic heterocycles. The van der Waals surface area contributed by atoms with E-state index in [9.17, 15) is 14.4 Å². The van der Waals surface area contributed by atoms with Crippen molar-refractivity contribution in [3.05, 3.63) is 100 Å². The average Bonchev–Trinajstić information content (AvgIpc) is 3.40. The molecule has 0 radical (unpaired) electrons. The van der Waals surface area contributed by atoms with E-state index in [1.54, 1.807) is 0 Å². The van der Waals surface area contributed by atoms with Crippen LogP contribution in [0.15, 0.2) is 72.8 Å². The summed E-state index contributed by atoms with van der Waals surface area (Å²) in [5.41, 5.74) is 3.71. The van der Waals surface area contributed by atoms with Gasteiger partial charge < -0.3 is 10.2 Å². The van der Waals surface area contributed by atoms with Crippen molar-refractivity contribution in [2.75, 3.05) is 10.2 Å². The van der Waals surface area contributed by atoms with Crippen LogP contribution < -0.4 is 10.2 Å². The lowest BCUT2D eigenvalue weighted by atomic mass is 9.63. The molecule has 6 rings (SSSR count). The van der Waals surface area contributed by atoms with Gasteiger partial charge in [-0.25, -0.2) is 0 Å². The molecule has 3 aromatic rings. The first kappa shape index (κ1) is 27.5. The van der Waals surface area contributed by atoms with Crippen LogP contribution in [-0.2, 0) is 21.4 Å². The number of Topliss-reactive ketones (excluding diaryl/α,β-unsaturated/α-hetero) is 2. The van der Waals surface area contributed by atoms with Crippen molar-refractivity contribution in [3.8, 4) is 0 Å². The van der Waals surface area contributed by atoms with Crippen LogP contribution in [0.3, 0.4) is 0 Å². The van der Waals surface area contributed by atoms with E-state index >= 15 is 0 Å². The number of para-hydroxylation sites is 1. The fraction of sp³-hybridized carbons (Fsp3) is 0.343. The Hall–Kier alpha value is -3.70. The zero-order valence-corrected chi connectivity index (χ0v) is 24.9. The predicted molar refractivity (Wildman–Crippen MR) is 165 cm³/mol. The monoisotopic (exact) mass is 566 g/mol. The highest BCUT2D eigenvalue weighted by Crippen LogP contribution is 2.59. The van der Waals surface area contributed by atoms with Gasteiger partial charge in [-0.3, -0.25) is 14.4 Å². The van der Waals surface area contributed by atoms with Crippen LogP contribution in [0.4, 0.5) is 11.4 Å². The summed E-state index contributed by atoms with van der Waals surface area (Å²) >= 11 is 6.43. The largest absolute Gasteiger partial charge is 0.352 e. The highest BCUT2D eigenvalue weighted by Gasteiger charge is 2.71. The van der Waals surface area contributed by atoms with Crippen LogP contribution in [0, 0.1) is 11.3 Å². The minimum Gasteiger partial charge on any atom is -0.352 e.